The van der Waals surface area contributed by atoms with Crippen molar-refractivity contribution in [2.45, 2.75) is 13.8 Å². The van der Waals surface area contributed by atoms with Crippen molar-refractivity contribution in [2.24, 2.45) is 0 Å². The number of rotatable bonds is 0. The van der Waals surface area contributed by atoms with E-state index in [0.717, 1.165) is 0 Å². The molecule has 0 fully saturated rings. The van der Waals surface area contributed by atoms with Gasteiger partial charge in [-0.05, 0) is 25.0 Å². The van der Waals surface area contributed by atoms with Gasteiger partial charge in [-0.25, -0.2) is 0 Å². The number of pyridine rings is 1. The fraction of sp³-hybridized carbons (Fsp3) is 0.286. The van der Waals surface area contributed by atoms with Gasteiger partial charge in [0.2, 0.25) is 0 Å². The second kappa shape index (κ2) is 3.20. The molecule has 3 radical (unpaired) electrons. The third-order valence-electron chi connectivity index (χ3n) is 1.01. The maximum Gasteiger partial charge on any atom is 0.0297 e. The average molecular weight is 121 g/mol. The van der Waals surface area contributed by atoms with E-state index in [2.05, 4.69) is 11.1 Å². The monoisotopic (exact) mass is 121 g/mol. The summed E-state index contributed by atoms with van der Waals surface area (Å²) in [7, 11) is 0. The molecule has 0 aliphatic heterocycles. The summed E-state index contributed by atoms with van der Waals surface area (Å²) in [6.45, 7) is 4.08. The van der Waals surface area contributed by atoms with Gasteiger partial charge in [0.1, 0.15) is 0 Å². The predicted molar refractivity (Wildman–Crippen MR) is 35.8 cm³/mol. The number of aromatic nitrogens is 1. The highest BCUT2D eigenvalue weighted by atomic mass is 14.6. The molecule has 1 heterocycles. The van der Waals surface area contributed by atoms with Crippen LogP contribution in [0.1, 0.15) is 11.1 Å². The second-order valence-electron chi connectivity index (χ2n) is 2.04. The topological polar surface area (TPSA) is 43.4 Å². The molecular formula is C7H9N2. The molecule has 0 aliphatic rings. The molecular weight excluding hydrogens is 112 g/mol. The first-order chi connectivity index (χ1) is 3.79. The molecule has 1 aromatic rings. The lowest BCUT2D eigenvalue weighted by molar-refractivity contribution is 1.22. The number of nitrogens with zero attached hydrogens (tertiary/aromatic N) is 2. The third-order valence-corrected chi connectivity index (χ3v) is 1.01. The Balaban J connectivity index is 0.000000640. The number of hydrogen-bond acceptors (Lipinski definition) is 1. The quantitative estimate of drug-likeness (QED) is 0.509. The molecule has 0 aromatic carbocycles. The molecule has 1 aromatic heterocycles. The van der Waals surface area contributed by atoms with E-state index in [4.69, 9.17) is 0 Å². The van der Waals surface area contributed by atoms with Crippen LogP contribution in [0.4, 0.5) is 0 Å². The fourth-order valence-corrected chi connectivity index (χ4v) is 0.706. The summed E-state index contributed by atoms with van der Waals surface area (Å²) < 4.78 is 0. The third kappa shape index (κ3) is 2.24. The van der Waals surface area contributed by atoms with Gasteiger partial charge in [0.25, 0.3) is 0 Å². The van der Waals surface area contributed by atoms with Crippen LogP contribution in [0.3, 0.4) is 0 Å². The van der Waals surface area contributed by atoms with Crippen molar-refractivity contribution >= 4 is 0 Å². The van der Waals surface area contributed by atoms with E-state index in [1.807, 2.05) is 26.2 Å². The van der Waals surface area contributed by atoms with E-state index in [-0.39, 0.29) is 6.15 Å². The highest BCUT2D eigenvalue weighted by Gasteiger charge is 1.81. The fourth-order valence-electron chi connectivity index (χ4n) is 0.706. The molecule has 0 amide bonds. The summed E-state index contributed by atoms with van der Waals surface area (Å²) in [5, 5.41) is 0. The van der Waals surface area contributed by atoms with Crippen LogP contribution in [-0.2, 0) is 0 Å². The Hall–Kier alpha value is -0.890. The van der Waals surface area contributed by atoms with Crippen molar-refractivity contribution in [1.82, 2.24) is 11.1 Å². The minimum atomic E-state index is 0. The lowest BCUT2D eigenvalue weighted by Crippen LogP contribution is -1.76. The van der Waals surface area contributed by atoms with E-state index >= 15 is 0 Å². The highest BCUT2D eigenvalue weighted by molar-refractivity contribution is 5.14. The van der Waals surface area contributed by atoms with Gasteiger partial charge in [-0.1, -0.05) is 6.07 Å². The lowest BCUT2D eigenvalue weighted by atomic mass is 10.2. The van der Waals surface area contributed by atoms with Crippen LogP contribution in [0.2, 0.25) is 0 Å². The van der Waals surface area contributed by atoms with E-state index in [9.17, 15) is 0 Å². The van der Waals surface area contributed by atoms with Crippen LogP contribution in [0.15, 0.2) is 18.5 Å². The molecule has 0 N–H and O–H groups in total. The first-order valence-electron chi connectivity index (χ1n) is 2.67. The van der Waals surface area contributed by atoms with Crippen LogP contribution < -0.4 is 6.15 Å². The molecule has 9 heavy (non-hydrogen) atoms. The van der Waals surface area contributed by atoms with E-state index in [0.29, 0.717) is 0 Å². The maximum atomic E-state index is 3.98. The smallest absolute Gasteiger partial charge is 0.0297 e. The average Bonchev–Trinajstić information content (AvgIpc) is 1.64. The van der Waals surface area contributed by atoms with Crippen molar-refractivity contribution in [3.05, 3.63) is 29.6 Å². The molecule has 0 atom stereocenters. The summed E-state index contributed by atoms with van der Waals surface area (Å²) in [6.07, 6.45) is 3.71. The van der Waals surface area contributed by atoms with E-state index in [1.165, 1.54) is 11.1 Å². The zero-order chi connectivity index (χ0) is 5.98. The Morgan fingerprint density at radius 3 is 1.78 bits per heavy atom. The van der Waals surface area contributed by atoms with Gasteiger partial charge in [-0.2, -0.15) is 0 Å². The summed E-state index contributed by atoms with van der Waals surface area (Å²) in [5.74, 6) is 0. The molecule has 0 spiro atoms. The summed E-state index contributed by atoms with van der Waals surface area (Å²) in [4.78, 5) is 3.98. The highest BCUT2D eigenvalue weighted by Crippen LogP contribution is 1.96. The van der Waals surface area contributed by atoms with Gasteiger partial charge < -0.3 is 0 Å². The van der Waals surface area contributed by atoms with Gasteiger partial charge in [0.15, 0.2) is 0 Å². The van der Waals surface area contributed by atoms with Crippen LogP contribution >= 0.6 is 0 Å². The summed E-state index contributed by atoms with van der Waals surface area (Å²) >= 11 is 0. The molecule has 0 unspecified atom stereocenters. The molecule has 0 saturated carbocycles. The van der Waals surface area contributed by atoms with E-state index < -0.39 is 0 Å². The van der Waals surface area contributed by atoms with E-state index in [1.54, 1.807) is 0 Å². The van der Waals surface area contributed by atoms with Crippen molar-refractivity contribution in [2.75, 3.05) is 0 Å². The molecule has 1 rings (SSSR count). The number of aryl methyl sites for hydroxylation is 2. The number of hydrogen-bond donors (Lipinski definition) is 0. The van der Waals surface area contributed by atoms with Crippen LogP contribution in [0, 0.1) is 13.8 Å². The van der Waals surface area contributed by atoms with Gasteiger partial charge in [-0.15, -0.1) is 0 Å². The molecule has 47 valence electrons. The standard InChI is InChI=1S/C7H9N.N/c1-6-3-7(2)5-8-4-6;/h3-5H,1-2H3;. The first kappa shape index (κ1) is 8.11. The van der Waals surface area contributed by atoms with Gasteiger partial charge in [0, 0.05) is 18.5 Å². The Morgan fingerprint density at radius 1 is 1.11 bits per heavy atom. The molecule has 0 aliphatic carbocycles. The molecule has 2 nitrogen and oxygen atoms in total. The summed E-state index contributed by atoms with van der Waals surface area (Å²) in [5.41, 5.74) is 2.45. The second-order valence-corrected chi connectivity index (χ2v) is 2.04. The Bertz CT molecular complexity index is 167. The van der Waals surface area contributed by atoms with Crippen LogP contribution in [-0.4, -0.2) is 4.98 Å². The zero-order valence-electron chi connectivity index (χ0n) is 5.63. The van der Waals surface area contributed by atoms with Crippen molar-refractivity contribution in [3.63, 3.8) is 0 Å². The van der Waals surface area contributed by atoms with Crippen LogP contribution in [0.5, 0.6) is 0 Å². The molecule has 0 bridgehead atoms. The molecule has 2 heteroatoms. The Kier molecular flexibility index (Phi) is 2.88. The van der Waals surface area contributed by atoms with Crippen molar-refractivity contribution in [1.29, 1.82) is 0 Å². The summed E-state index contributed by atoms with van der Waals surface area (Å²) in [6, 6.07) is 2.10. The first-order valence-corrected chi connectivity index (χ1v) is 2.67. The largest absolute Gasteiger partial charge is 0.264 e. The van der Waals surface area contributed by atoms with Gasteiger partial charge in [0.05, 0.1) is 0 Å². The minimum absolute atomic E-state index is 0. The van der Waals surface area contributed by atoms with Gasteiger partial charge >= 0.3 is 0 Å². The molecule has 0 saturated heterocycles. The SMILES string of the molecule is Cc1cncc(C)c1.[N]. The van der Waals surface area contributed by atoms with Crippen LogP contribution in [0.25, 0.3) is 0 Å². The van der Waals surface area contributed by atoms with Crippen molar-refractivity contribution in [3.8, 4) is 0 Å². The van der Waals surface area contributed by atoms with Gasteiger partial charge in [-0.3, -0.25) is 4.98 Å². The lowest BCUT2D eigenvalue weighted by Gasteiger charge is -1.89. The van der Waals surface area contributed by atoms with Crippen molar-refractivity contribution < 1.29 is 0 Å². The minimum Gasteiger partial charge on any atom is -0.264 e. The maximum absolute atomic E-state index is 3.98. The normalized spacial score (nSPS) is 8.22. The Labute approximate surface area is 55.5 Å². The predicted octanol–water partition coefficient (Wildman–Crippen LogP) is 1.22. The zero-order valence-corrected chi connectivity index (χ0v) is 5.63. The Morgan fingerprint density at radius 2 is 1.56 bits per heavy atom.